The predicted molar refractivity (Wildman–Crippen MR) is 100 cm³/mol. The average molecular weight is 391 g/mol. The van der Waals surface area contributed by atoms with Gasteiger partial charge in [0.2, 0.25) is 5.91 Å². The number of nitrogens with one attached hydrogen (secondary N) is 2. The summed E-state index contributed by atoms with van der Waals surface area (Å²) in [6.45, 7) is 3.80. The molecule has 1 aromatic heterocycles. The van der Waals surface area contributed by atoms with Crippen molar-refractivity contribution < 1.29 is 14.5 Å². The van der Waals surface area contributed by atoms with Crippen LogP contribution in [-0.4, -0.2) is 27.8 Å². The van der Waals surface area contributed by atoms with Crippen molar-refractivity contribution in [2.75, 3.05) is 0 Å². The third-order valence-electron chi connectivity index (χ3n) is 3.81. The SMILES string of the molecule is CC(C)[C@H](NC(=O)c1ccc(Cl)c([N+](=O)[O-])c1)C(=O)NCc1ccccn1. The molecule has 2 N–H and O–H groups in total. The molecule has 2 aromatic rings. The quantitative estimate of drug-likeness (QED) is 0.557. The molecule has 0 radical (unpaired) electrons. The zero-order valence-electron chi connectivity index (χ0n) is 14.8. The van der Waals surface area contributed by atoms with E-state index in [0.29, 0.717) is 5.69 Å². The fourth-order valence-corrected chi connectivity index (χ4v) is 2.53. The monoisotopic (exact) mass is 390 g/mol. The molecule has 0 aliphatic heterocycles. The number of aromatic nitrogens is 1. The highest BCUT2D eigenvalue weighted by Crippen LogP contribution is 2.25. The van der Waals surface area contributed by atoms with Gasteiger partial charge in [0, 0.05) is 17.8 Å². The lowest BCUT2D eigenvalue weighted by Gasteiger charge is -2.21. The molecular weight excluding hydrogens is 372 g/mol. The zero-order valence-corrected chi connectivity index (χ0v) is 15.6. The van der Waals surface area contributed by atoms with Crippen LogP contribution in [0.2, 0.25) is 5.02 Å². The number of hydrogen-bond acceptors (Lipinski definition) is 5. The lowest BCUT2D eigenvalue weighted by molar-refractivity contribution is -0.384. The fourth-order valence-electron chi connectivity index (χ4n) is 2.34. The van der Waals surface area contributed by atoms with E-state index in [1.807, 2.05) is 6.07 Å². The van der Waals surface area contributed by atoms with Crippen LogP contribution in [0.25, 0.3) is 0 Å². The normalized spacial score (nSPS) is 11.7. The molecule has 0 saturated heterocycles. The van der Waals surface area contributed by atoms with Gasteiger partial charge in [-0.05, 0) is 30.2 Å². The standard InChI is InChI=1S/C18H19ClN4O4/c1-11(2)16(18(25)21-10-13-5-3-4-8-20-13)22-17(24)12-6-7-14(19)15(9-12)23(26)27/h3-9,11,16H,10H2,1-2H3,(H,21,25)(H,22,24)/t16-/m0/s1. The summed E-state index contributed by atoms with van der Waals surface area (Å²) in [5.74, 6) is -1.16. The van der Waals surface area contributed by atoms with Crippen molar-refractivity contribution in [3.8, 4) is 0 Å². The fraction of sp³-hybridized carbons (Fsp3) is 0.278. The van der Waals surface area contributed by atoms with Gasteiger partial charge < -0.3 is 10.6 Å². The van der Waals surface area contributed by atoms with Gasteiger partial charge in [0.15, 0.2) is 0 Å². The van der Waals surface area contributed by atoms with E-state index in [1.54, 1.807) is 32.2 Å². The molecule has 0 fully saturated rings. The van der Waals surface area contributed by atoms with Crippen molar-refractivity contribution in [1.82, 2.24) is 15.6 Å². The Kier molecular flexibility index (Phi) is 6.84. The number of rotatable bonds is 7. The van der Waals surface area contributed by atoms with Crippen LogP contribution in [0.15, 0.2) is 42.6 Å². The Morgan fingerprint density at radius 2 is 2.00 bits per heavy atom. The van der Waals surface area contributed by atoms with Crippen LogP contribution in [-0.2, 0) is 11.3 Å². The Hall–Kier alpha value is -3.00. The number of nitro benzene ring substituents is 1. The van der Waals surface area contributed by atoms with E-state index in [0.717, 1.165) is 6.07 Å². The molecule has 0 bridgehead atoms. The lowest BCUT2D eigenvalue weighted by Crippen LogP contribution is -2.49. The van der Waals surface area contributed by atoms with Gasteiger partial charge in [0.1, 0.15) is 11.1 Å². The van der Waals surface area contributed by atoms with Gasteiger partial charge in [-0.25, -0.2) is 0 Å². The van der Waals surface area contributed by atoms with E-state index in [4.69, 9.17) is 11.6 Å². The van der Waals surface area contributed by atoms with Gasteiger partial charge in [-0.1, -0.05) is 31.5 Å². The molecule has 9 heteroatoms. The molecule has 1 atom stereocenters. The second-order valence-electron chi connectivity index (χ2n) is 6.16. The summed E-state index contributed by atoms with van der Waals surface area (Å²) >= 11 is 5.76. The Morgan fingerprint density at radius 3 is 2.59 bits per heavy atom. The van der Waals surface area contributed by atoms with Crippen molar-refractivity contribution in [3.05, 3.63) is 69.0 Å². The molecule has 142 valence electrons. The zero-order chi connectivity index (χ0) is 20.0. The van der Waals surface area contributed by atoms with Crippen LogP contribution >= 0.6 is 11.6 Å². The maximum atomic E-state index is 12.5. The van der Waals surface area contributed by atoms with Gasteiger partial charge in [-0.3, -0.25) is 24.7 Å². The number of nitrogens with zero attached hydrogens (tertiary/aromatic N) is 2. The van der Waals surface area contributed by atoms with E-state index >= 15 is 0 Å². The lowest BCUT2D eigenvalue weighted by atomic mass is 10.0. The maximum Gasteiger partial charge on any atom is 0.288 e. The Morgan fingerprint density at radius 1 is 1.26 bits per heavy atom. The maximum absolute atomic E-state index is 12.5. The number of carbonyl (C=O) groups is 2. The van der Waals surface area contributed by atoms with Crippen LogP contribution in [0.4, 0.5) is 5.69 Å². The van der Waals surface area contributed by atoms with Crippen LogP contribution in [0, 0.1) is 16.0 Å². The van der Waals surface area contributed by atoms with Crippen LogP contribution in [0.1, 0.15) is 29.9 Å². The minimum Gasteiger partial charge on any atom is -0.349 e. The number of nitro groups is 1. The molecule has 1 heterocycles. The number of halogens is 1. The van der Waals surface area contributed by atoms with Gasteiger partial charge >= 0.3 is 0 Å². The summed E-state index contributed by atoms with van der Waals surface area (Å²) in [6, 6.07) is 8.28. The highest BCUT2D eigenvalue weighted by atomic mass is 35.5. The first-order chi connectivity index (χ1) is 12.8. The molecule has 2 rings (SSSR count). The summed E-state index contributed by atoms with van der Waals surface area (Å²) in [6.07, 6.45) is 1.62. The molecule has 1 aromatic carbocycles. The first-order valence-corrected chi connectivity index (χ1v) is 8.59. The van der Waals surface area contributed by atoms with E-state index < -0.39 is 16.9 Å². The minimum atomic E-state index is -0.809. The largest absolute Gasteiger partial charge is 0.349 e. The number of carbonyl (C=O) groups excluding carboxylic acids is 2. The predicted octanol–water partition coefficient (Wildman–Crippen LogP) is 2.71. The first-order valence-electron chi connectivity index (χ1n) is 8.22. The van der Waals surface area contributed by atoms with Crippen LogP contribution in [0.5, 0.6) is 0 Å². The summed E-state index contributed by atoms with van der Waals surface area (Å²) < 4.78 is 0. The van der Waals surface area contributed by atoms with Gasteiger partial charge in [-0.15, -0.1) is 0 Å². The molecule has 0 aliphatic rings. The van der Waals surface area contributed by atoms with Crippen molar-refractivity contribution in [3.63, 3.8) is 0 Å². The van der Waals surface area contributed by atoms with Gasteiger partial charge in [-0.2, -0.15) is 0 Å². The summed E-state index contributed by atoms with van der Waals surface area (Å²) in [7, 11) is 0. The van der Waals surface area contributed by atoms with Crippen molar-refractivity contribution >= 4 is 29.1 Å². The molecule has 0 aliphatic carbocycles. The van der Waals surface area contributed by atoms with E-state index in [-0.39, 0.29) is 34.6 Å². The summed E-state index contributed by atoms with van der Waals surface area (Å²) in [5.41, 5.74) is 0.368. The second-order valence-corrected chi connectivity index (χ2v) is 6.56. The number of hydrogen-bond donors (Lipinski definition) is 2. The molecule has 27 heavy (non-hydrogen) atoms. The second kappa shape index (κ2) is 9.09. The smallest absolute Gasteiger partial charge is 0.288 e. The third kappa shape index (κ3) is 5.49. The van der Waals surface area contributed by atoms with Gasteiger partial charge in [0.05, 0.1) is 17.2 Å². The van der Waals surface area contributed by atoms with Crippen LogP contribution < -0.4 is 10.6 Å². The molecule has 0 unspecified atom stereocenters. The Labute approximate surface area is 161 Å². The highest BCUT2D eigenvalue weighted by Gasteiger charge is 2.25. The Balaban J connectivity index is 2.08. The summed E-state index contributed by atoms with van der Waals surface area (Å²) in [5, 5.41) is 16.3. The Bertz CT molecular complexity index is 843. The van der Waals surface area contributed by atoms with E-state index in [1.165, 1.54) is 12.1 Å². The summed E-state index contributed by atoms with van der Waals surface area (Å²) in [4.78, 5) is 39.4. The molecule has 0 saturated carbocycles. The molecular formula is C18H19ClN4O4. The third-order valence-corrected chi connectivity index (χ3v) is 4.13. The van der Waals surface area contributed by atoms with E-state index in [9.17, 15) is 19.7 Å². The first kappa shape index (κ1) is 20.3. The average Bonchev–Trinajstić information content (AvgIpc) is 2.64. The van der Waals surface area contributed by atoms with Crippen LogP contribution in [0.3, 0.4) is 0 Å². The van der Waals surface area contributed by atoms with Crippen molar-refractivity contribution in [1.29, 1.82) is 0 Å². The van der Waals surface area contributed by atoms with Crippen molar-refractivity contribution in [2.45, 2.75) is 26.4 Å². The topological polar surface area (TPSA) is 114 Å². The molecule has 8 nitrogen and oxygen atoms in total. The number of pyridine rings is 1. The minimum absolute atomic E-state index is 0.0503. The van der Waals surface area contributed by atoms with Gasteiger partial charge in [0.25, 0.3) is 11.6 Å². The molecule has 0 spiro atoms. The number of amides is 2. The molecule has 2 amide bonds. The highest BCUT2D eigenvalue weighted by molar-refractivity contribution is 6.32. The van der Waals surface area contributed by atoms with E-state index in [2.05, 4.69) is 15.6 Å². The van der Waals surface area contributed by atoms with Crippen molar-refractivity contribution in [2.24, 2.45) is 5.92 Å². The number of benzene rings is 1.